The fraction of sp³-hybridized carbons (Fsp3) is 0.130. The van der Waals surface area contributed by atoms with Gasteiger partial charge in [-0.25, -0.2) is 9.38 Å². The SMILES string of the molecule is Cc1ccc(Cl)cc1N=C1NC(=O)/C(=C/c2cc(C)n(-c3ccc(F)c(Cl)c3)c2C)S1. The van der Waals surface area contributed by atoms with Gasteiger partial charge in [0.1, 0.15) is 5.82 Å². The molecule has 1 aliphatic rings. The summed E-state index contributed by atoms with van der Waals surface area (Å²) in [7, 11) is 0. The number of carbonyl (C=O) groups excluding carboxylic acids is 1. The second-order valence-corrected chi connectivity index (χ2v) is 9.05. The van der Waals surface area contributed by atoms with Crippen LogP contribution in [0.5, 0.6) is 0 Å². The highest BCUT2D eigenvalue weighted by atomic mass is 35.5. The van der Waals surface area contributed by atoms with E-state index in [1.807, 2.05) is 43.5 Å². The van der Waals surface area contributed by atoms with Gasteiger partial charge in [0.25, 0.3) is 5.91 Å². The Kier molecular flexibility index (Phi) is 5.97. The number of amides is 1. The van der Waals surface area contributed by atoms with Crippen LogP contribution in [0, 0.1) is 26.6 Å². The van der Waals surface area contributed by atoms with Crippen molar-refractivity contribution in [1.82, 2.24) is 9.88 Å². The summed E-state index contributed by atoms with van der Waals surface area (Å²) in [4.78, 5) is 17.6. The minimum Gasteiger partial charge on any atom is -0.318 e. The Morgan fingerprint density at radius 1 is 1.10 bits per heavy atom. The molecule has 158 valence electrons. The molecular weight excluding hydrogens is 456 g/mol. The molecule has 4 rings (SSSR count). The second-order valence-electron chi connectivity index (χ2n) is 7.17. The molecule has 3 aromatic rings. The van der Waals surface area contributed by atoms with Crippen molar-refractivity contribution < 1.29 is 9.18 Å². The van der Waals surface area contributed by atoms with E-state index in [0.717, 1.165) is 28.2 Å². The van der Waals surface area contributed by atoms with Crippen molar-refractivity contribution in [2.24, 2.45) is 4.99 Å². The first kappa shape index (κ1) is 21.7. The van der Waals surface area contributed by atoms with E-state index in [2.05, 4.69) is 10.3 Å². The summed E-state index contributed by atoms with van der Waals surface area (Å²) in [5.74, 6) is -0.672. The summed E-state index contributed by atoms with van der Waals surface area (Å²) in [6.07, 6.45) is 1.83. The fourth-order valence-electron chi connectivity index (χ4n) is 3.39. The standard InChI is InChI=1S/C23H18Cl2FN3OS/c1-12-4-5-16(24)10-20(12)27-23-28-22(30)21(31-23)9-15-8-13(2)29(14(15)3)17-6-7-19(26)18(25)11-17/h4-11H,1-3H3,(H,27,28,30)/b21-9-. The molecule has 0 unspecified atom stereocenters. The van der Waals surface area contributed by atoms with Gasteiger partial charge < -0.3 is 9.88 Å². The Hall–Kier alpha value is -2.54. The van der Waals surface area contributed by atoms with Crippen molar-refractivity contribution in [3.05, 3.63) is 85.7 Å². The van der Waals surface area contributed by atoms with Gasteiger partial charge in [-0.2, -0.15) is 0 Å². The predicted molar refractivity (Wildman–Crippen MR) is 127 cm³/mol. The largest absolute Gasteiger partial charge is 0.318 e. The lowest BCUT2D eigenvalue weighted by Crippen LogP contribution is -2.19. The van der Waals surface area contributed by atoms with Crippen LogP contribution in [-0.2, 0) is 4.79 Å². The summed E-state index contributed by atoms with van der Waals surface area (Å²) >= 11 is 13.3. The smallest absolute Gasteiger partial charge is 0.264 e. The molecular formula is C23H18Cl2FN3OS. The zero-order valence-corrected chi connectivity index (χ0v) is 19.3. The van der Waals surface area contributed by atoms with Crippen LogP contribution >= 0.6 is 35.0 Å². The van der Waals surface area contributed by atoms with E-state index in [4.69, 9.17) is 23.2 Å². The number of hydrogen-bond donors (Lipinski definition) is 1. The Balaban J connectivity index is 1.66. The van der Waals surface area contributed by atoms with Crippen molar-refractivity contribution >= 4 is 57.8 Å². The molecule has 1 saturated heterocycles. The van der Waals surface area contributed by atoms with Gasteiger partial charge in [-0.15, -0.1) is 0 Å². The average molecular weight is 474 g/mol. The number of nitrogens with one attached hydrogen (secondary N) is 1. The fourth-order valence-corrected chi connectivity index (χ4v) is 4.56. The van der Waals surface area contributed by atoms with Crippen molar-refractivity contribution in [3.63, 3.8) is 0 Å². The highest BCUT2D eigenvalue weighted by Gasteiger charge is 2.25. The molecule has 1 fully saturated rings. The number of rotatable bonds is 3. The van der Waals surface area contributed by atoms with E-state index in [1.165, 1.54) is 17.8 Å². The topological polar surface area (TPSA) is 46.4 Å². The van der Waals surface area contributed by atoms with Crippen LogP contribution in [0.2, 0.25) is 10.0 Å². The minimum atomic E-state index is -0.462. The summed E-state index contributed by atoms with van der Waals surface area (Å²) < 4.78 is 15.5. The number of nitrogens with zero attached hydrogens (tertiary/aromatic N) is 2. The third-order valence-electron chi connectivity index (χ3n) is 4.96. The van der Waals surface area contributed by atoms with Crippen molar-refractivity contribution in [2.75, 3.05) is 0 Å². The van der Waals surface area contributed by atoms with Crippen LogP contribution < -0.4 is 5.32 Å². The Labute approximate surface area is 193 Å². The lowest BCUT2D eigenvalue weighted by atomic mass is 10.2. The molecule has 1 aromatic heterocycles. The van der Waals surface area contributed by atoms with E-state index in [9.17, 15) is 9.18 Å². The Morgan fingerprint density at radius 2 is 1.87 bits per heavy atom. The van der Waals surface area contributed by atoms with Gasteiger partial charge in [0.15, 0.2) is 5.17 Å². The van der Waals surface area contributed by atoms with Gasteiger partial charge >= 0.3 is 0 Å². The third-order valence-corrected chi connectivity index (χ3v) is 6.40. The van der Waals surface area contributed by atoms with E-state index in [0.29, 0.717) is 20.8 Å². The number of carbonyl (C=O) groups is 1. The van der Waals surface area contributed by atoms with E-state index in [-0.39, 0.29) is 10.9 Å². The van der Waals surface area contributed by atoms with E-state index >= 15 is 0 Å². The highest BCUT2D eigenvalue weighted by Crippen LogP contribution is 2.32. The van der Waals surface area contributed by atoms with Gasteiger partial charge in [-0.3, -0.25) is 4.79 Å². The number of aryl methyl sites for hydroxylation is 2. The molecule has 2 aromatic carbocycles. The number of thioether (sulfide) groups is 1. The molecule has 1 N–H and O–H groups in total. The normalized spacial score (nSPS) is 16.4. The maximum absolute atomic E-state index is 13.6. The average Bonchev–Trinajstić information content (AvgIpc) is 3.19. The molecule has 0 radical (unpaired) electrons. The first-order chi connectivity index (χ1) is 14.7. The predicted octanol–water partition coefficient (Wildman–Crippen LogP) is 6.74. The maximum atomic E-state index is 13.6. The first-order valence-corrected chi connectivity index (χ1v) is 11.0. The minimum absolute atomic E-state index is 0.0628. The summed E-state index contributed by atoms with van der Waals surface area (Å²) in [6, 6.07) is 12.0. The molecule has 0 aliphatic carbocycles. The number of amidine groups is 1. The van der Waals surface area contributed by atoms with Gasteiger partial charge in [-0.1, -0.05) is 29.3 Å². The van der Waals surface area contributed by atoms with Crippen LogP contribution in [0.25, 0.3) is 11.8 Å². The number of hydrogen-bond acceptors (Lipinski definition) is 3. The highest BCUT2D eigenvalue weighted by molar-refractivity contribution is 8.18. The molecule has 31 heavy (non-hydrogen) atoms. The molecule has 1 aliphatic heterocycles. The van der Waals surface area contributed by atoms with Crippen LogP contribution in [0.15, 0.2) is 52.4 Å². The Morgan fingerprint density at radius 3 is 2.61 bits per heavy atom. The molecule has 4 nitrogen and oxygen atoms in total. The maximum Gasteiger partial charge on any atom is 0.264 e. The summed E-state index contributed by atoms with van der Waals surface area (Å²) in [5.41, 5.74) is 5.17. The van der Waals surface area contributed by atoms with Crippen LogP contribution in [0.1, 0.15) is 22.5 Å². The molecule has 0 saturated carbocycles. The quantitative estimate of drug-likeness (QED) is 0.428. The lowest BCUT2D eigenvalue weighted by Gasteiger charge is -2.10. The third kappa shape index (κ3) is 4.42. The van der Waals surface area contributed by atoms with Crippen molar-refractivity contribution in [2.45, 2.75) is 20.8 Å². The van der Waals surface area contributed by atoms with Crippen LogP contribution in [-0.4, -0.2) is 15.6 Å². The van der Waals surface area contributed by atoms with Crippen molar-refractivity contribution in [3.8, 4) is 5.69 Å². The summed E-state index contributed by atoms with van der Waals surface area (Å²) in [6.45, 7) is 5.83. The van der Waals surface area contributed by atoms with E-state index < -0.39 is 5.82 Å². The molecule has 0 bridgehead atoms. The van der Waals surface area contributed by atoms with Crippen molar-refractivity contribution in [1.29, 1.82) is 0 Å². The molecule has 0 atom stereocenters. The first-order valence-electron chi connectivity index (χ1n) is 9.43. The zero-order chi connectivity index (χ0) is 22.3. The van der Waals surface area contributed by atoms with Gasteiger partial charge in [0, 0.05) is 22.1 Å². The zero-order valence-electron chi connectivity index (χ0n) is 17.0. The van der Waals surface area contributed by atoms with Crippen LogP contribution in [0.4, 0.5) is 10.1 Å². The second kappa shape index (κ2) is 8.54. The Bertz CT molecular complexity index is 1280. The molecule has 0 spiro atoms. The van der Waals surface area contributed by atoms with E-state index in [1.54, 1.807) is 24.3 Å². The molecule has 8 heteroatoms. The number of aromatic nitrogens is 1. The van der Waals surface area contributed by atoms with Crippen LogP contribution in [0.3, 0.4) is 0 Å². The lowest BCUT2D eigenvalue weighted by molar-refractivity contribution is -0.115. The van der Waals surface area contributed by atoms with Gasteiger partial charge in [-0.05, 0) is 86.1 Å². The molecule has 2 heterocycles. The number of aliphatic imine (C=N–C) groups is 1. The van der Waals surface area contributed by atoms with Gasteiger partial charge in [0.05, 0.1) is 15.6 Å². The summed E-state index contributed by atoms with van der Waals surface area (Å²) in [5, 5.41) is 3.95. The van der Waals surface area contributed by atoms with Gasteiger partial charge in [0.2, 0.25) is 0 Å². The monoisotopic (exact) mass is 473 g/mol. The molecule has 1 amide bonds. The number of benzene rings is 2. The number of halogens is 3.